The number of nitriles is 2. The summed E-state index contributed by atoms with van der Waals surface area (Å²) < 4.78 is 144. The third-order valence-corrected chi connectivity index (χ3v) is 23.3. The molecule has 0 fully saturated rings. The summed E-state index contributed by atoms with van der Waals surface area (Å²) in [5, 5.41) is 70.0. The summed E-state index contributed by atoms with van der Waals surface area (Å²) in [5.74, 6) is -0.830. The van der Waals surface area contributed by atoms with Crippen LogP contribution in [0.25, 0.3) is 0 Å². The van der Waals surface area contributed by atoms with Crippen LogP contribution in [0.1, 0.15) is 136 Å². The Hall–Kier alpha value is -9.29. The van der Waals surface area contributed by atoms with Crippen LogP contribution in [0.3, 0.4) is 0 Å². The van der Waals surface area contributed by atoms with Gasteiger partial charge in [-0.15, -0.1) is 0 Å². The average Bonchev–Trinajstić information content (AvgIpc) is 1.18. The van der Waals surface area contributed by atoms with E-state index in [1.54, 1.807) is 170 Å². The molecule has 1 unspecified atom stereocenters. The van der Waals surface area contributed by atoms with Crippen LogP contribution in [0.4, 0.5) is 28.4 Å². The van der Waals surface area contributed by atoms with Crippen LogP contribution in [0.5, 0.6) is 28.7 Å². The van der Waals surface area contributed by atoms with Gasteiger partial charge in [0.15, 0.2) is 42.9 Å². The first-order valence-corrected chi connectivity index (χ1v) is 53.9. The monoisotopic (exact) mass is 2050 g/mol. The van der Waals surface area contributed by atoms with Crippen molar-refractivity contribution >= 4 is 127 Å². The van der Waals surface area contributed by atoms with Crippen molar-refractivity contribution in [3.8, 4) is 40.9 Å². The number of aromatic nitrogens is 2. The number of halogens is 2. The summed E-state index contributed by atoms with van der Waals surface area (Å²) in [6.45, 7) is 32.2. The fourth-order valence-corrected chi connectivity index (χ4v) is 15.3. The van der Waals surface area contributed by atoms with E-state index in [4.69, 9.17) is 108 Å². The Morgan fingerprint density at radius 1 is 0.461 bits per heavy atom. The fourth-order valence-electron chi connectivity index (χ4n) is 9.33. The number of anilines is 4. The molecule has 1 atom stereocenters. The number of ether oxygens (including phenoxy) is 5. The van der Waals surface area contributed by atoms with E-state index in [-0.39, 0.29) is 117 Å². The molecule has 0 bridgehead atoms. The molecule has 0 saturated carbocycles. The number of amides is 3. The Labute approximate surface area is 759 Å². The van der Waals surface area contributed by atoms with Crippen molar-refractivity contribution in [3.05, 3.63) is 187 Å². The van der Waals surface area contributed by atoms with Gasteiger partial charge in [-0.1, -0.05) is 34.6 Å². The zero-order valence-corrected chi connectivity index (χ0v) is 82.7. The molecule has 0 saturated heterocycles. The molecular weight excluding hydrogens is 1940 g/mol. The maximum absolute atomic E-state index is 12.5. The van der Waals surface area contributed by atoms with Gasteiger partial charge in [0.05, 0.1) is 82.8 Å². The second kappa shape index (κ2) is 62.9. The molecule has 2 heterocycles. The van der Waals surface area contributed by atoms with E-state index in [1.807, 2.05) is 19.9 Å². The number of carbonyl (C=O) groups is 4. The molecule has 710 valence electrons. The van der Waals surface area contributed by atoms with Gasteiger partial charge in [-0.05, 0) is 183 Å². The molecule has 128 heavy (non-hydrogen) atoms. The van der Waals surface area contributed by atoms with E-state index in [9.17, 15) is 67.2 Å². The van der Waals surface area contributed by atoms with Gasteiger partial charge in [0, 0.05) is 53.1 Å². The number of aliphatic hydroxyl groups is 2. The van der Waals surface area contributed by atoms with Crippen molar-refractivity contribution in [2.24, 2.45) is 0 Å². The Kier molecular flexibility index (Phi) is 59.3. The van der Waals surface area contributed by atoms with Crippen molar-refractivity contribution in [1.82, 2.24) is 10.3 Å². The van der Waals surface area contributed by atoms with E-state index in [0.29, 0.717) is 87.2 Å². The Morgan fingerprint density at radius 2 is 0.734 bits per heavy atom. The molecule has 0 aliphatic carbocycles. The molecule has 0 aliphatic heterocycles. The minimum absolute atomic E-state index is 0. The van der Waals surface area contributed by atoms with E-state index in [0.717, 1.165) is 16.7 Å². The predicted octanol–water partition coefficient (Wildman–Crippen LogP) is 17.6. The van der Waals surface area contributed by atoms with Gasteiger partial charge in [-0.3, -0.25) is 47.3 Å². The number of nitrogens with one attached hydrogen (secondary N) is 3. The van der Waals surface area contributed by atoms with E-state index in [1.165, 1.54) is 50.5 Å². The van der Waals surface area contributed by atoms with Gasteiger partial charge >= 0.3 is 80.7 Å². The Bertz CT molecular complexity index is 5040. The van der Waals surface area contributed by atoms with E-state index < -0.39 is 97.3 Å². The van der Waals surface area contributed by atoms with Crippen LogP contribution in [0.15, 0.2) is 135 Å². The van der Waals surface area contributed by atoms with Gasteiger partial charge in [0.1, 0.15) is 75.1 Å². The molecule has 50 heteroatoms. The number of carboxylic acids is 1. The molecule has 2 radical (unpaired) electrons. The predicted molar refractivity (Wildman–Crippen MR) is 481 cm³/mol. The number of nitrogens with two attached hydrogens (primary N) is 1. The molecule has 3 amide bonds. The van der Waals surface area contributed by atoms with Crippen molar-refractivity contribution in [1.29, 1.82) is 10.5 Å². The molecular formula is C78H112Cl2N9O33P5Sn. The SMILES string of the molecule is CCOP(=O)(COc1cc(N)ccc1C)OCC.CCOP(=O)(COc1cc(NC(=O)/C(C#N)=C(\C)O)ccc1C)OCC.CCOP(=O)(COc1cc(NC(=O)c2cnoc2C)ccc1C)OCC.CCOP(=O)(COc1cc([N+](=O)[O-])ccc1C)OCC.CCOP(=O)(O)COc1cc(NC(=O)/C(C#N)=C(\C)O)ccc1C.Cc1oncc1C(=O)O.O.O.[Cl][Sn][Cl]. The first-order valence-electron chi connectivity index (χ1n) is 38.0. The van der Waals surface area contributed by atoms with E-state index >= 15 is 0 Å². The van der Waals surface area contributed by atoms with Crippen LogP contribution in [0, 0.1) is 81.2 Å². The Morgan fingerprint density at radius 3 is 1.00 bits per heavy atom. The van der Waals surface area contributed by atoms with Crippen LogP contribution in [-0.2, 0) is 73.1 Å². The number of nitro benzene ring substituents is 1. The van der Waals surface area contributed by atoms with Crippen molar-refractivity contribution in [2.45, 2.75) is 125 Å². The molecule has 5 aromatic carbocycles. The summed E-state index contributed by atoms with van der Waals surface area (Å²) in [5.41, 5.74) is 10.9. The summed E-state index contributed by atoms with van der Waals surface area (Å²) in [4.78, 5) is 66.0. The van der Waals surface area contributed by atoms with Crippen LogP contribution < -0.4 is 45.4 Å². The summed E-state index contributed by atoms with van der Waals surface area (Å²) >= 11 is -0.826. The van der Waals surface area contributed by atoms with E-state index in [2.05, 4.69) is 30.8 Å². The molecule has 0 spiro atoms. The zero-order valence-electron chi connectivity index (χ0n) is 73.8. The summed E-state index contributed by atoms with van der Waals surface area (Å²) in [6.07, 6.45) is 1.13. The second-order valence-electron chi connectivity index (χ2n) is 24.9. The number of benzene rings is 5. The van der Waals surface area contributed by atoms with Crippen molar-refractivity contribution in [2.75, 3.05) is 113 Å². The fraction of sp³-hybridized carbons (Fsp3) is 0.410. The number of non-ortho nitro benzene ring substituents is 1. The molecule has 0 aliphatic rings. The number of aryl methyl sites for hydroxylation is 7. The molecule has 42 nitrogen and oxygen atoms in total. The number of rotatable bonds is 41. The number of carbonyl (C=O) groups excluding carboxylic acids is 3. The second-order valence-corrected chi connectivity index (χ2v) is 38.9. The van der Waals surface area contributed by atoms with Gasteiger partial charge < -0.3 is 126 Å². The minimum atomic E-state index is -3.85. The quantitative estimate of drug-likeness (QED) is 0.00258. The van der Waals surface area contributed by atoms with Crippen LogP contribution in [0.2, 0.25) is 0 Å². The number of carboxylic acid groups (broad SMARTS) is 1. The van der Waals surface area contributed by atoms with Crippen LogP contribution in [-0.4, -0.2) is 180 Å². The Balaban J connectivity index is 0. The number of hydrogen-bond donors (Lipinski definition) is 8. The van der Waals surface area contributed by atoms with Gasteiger partial charge in [0.2, 0.25) is 0 Å². The van der Waals surface area contributed by atoms with Gasteiger partial charge in [-0.25, -0.2) is 4.79 Å². The van der Waals surface area contributed by atoms with Crippen LogP contribution >= 0.6 is 55.8 Å². The first kappa shape index (κ1) is 121. The third-order valence-electron chi connectivity index (χ3n) is 15.1. The molecule has 7 aromatic rings. The number of aliphatic hydroxyl groups excluding tert-OH is 2. The first-order chi connectivity index (χ1) is 59.4. The molecule has 2 aromatic heterocycles. The number of nitrogen functional groups attached to an aromatic ring is 1. The van der Waals surface area contributed by atoms with Crippen molar-refractivity contribution in [3.63, 3.8) is 0 Å². The van der Waals surface area contributed by atoms with Gasteiger partial charge in [-0.2, -0.15) is 10.5 Å². The zero-order chi connectivity index (χ0) is 95.6. The number of aromatic carboxylic acids is 1. The molecule has 13 N–H and O–H groups in total. The standard InChI is InChI=1S/2C17H23N2O6P.C15H19N2O6P.C12H18NO6P.C12H20NO4P.C5H5NO3.2ClH.2H2O.Sn/c1-5-23-26(21,24-6-2)11-22-16-9-14(8-7-12(16)3)19-17(20)15-10-18-25-13(15)4;1-5-24-26(22,25-6-2)11-23-16-9-14(8-7-12(16)3)19-17(21)15(10-18)13(4)20;1-4-23-24(20,21)9-22-14-7-12(6-5-10(14)2)17-15(19)13(8-16)11(3)18;1-4-18-20(16,19-5-2)9-17-12-8-11(13(14)15)7-6-10(12)3;1-4-16-18(14,17-5-2)9-15-12-8-11(13)7-6-10(12)3;1-3-4(5(7)8)2-6-9-3;;;;;/h7-10H,5-6,11H2,1-4H3,(H,19,20);7-9,20H,5-6,11H2,1-4H3,(H,19,21);5-7,18H,4,9H2,1-3H3,(H,17,19)(H,20,21);6-8H,4-5,9H2,1-3H3;6-8H,4-5,9,13H2,1-3H3;2H,1H3,(H,7,8);2*1H;2*1H2;/q;;;;;;;;;;+2/p-2/b;15-13+;13-11+;;;;;;;;. The number of nitro groups is 1. The maximum atomic E-state index is 12.5. The average molecular weight is 2050 g/mol. The number of allylic oxidation sites excluding steroid dienone is 2. The number of hydrogen-bond acceptors (Lipinski definition) is 34. The topological polar surface area (TPSA) is 632 Å². The third kappa shape index (κ3) is 45.3. The summed E-state index contributed by atoms with van der Waals surface area (Å²) in [6, 6.07) is 27.5. The molecule has 7 rings (SSSR count). The normalized spacial score (nSPS) is 11.6. The number of nitrogens with zero attached hydrogens (tertiary/aromatic N) is 5. The van der Waals surface area contributed by atoms with Crippen molar-refractivity contribution < 1.29 is 152 Å². The summed E-state index contributed by atoms with van der Waals surface area (Å²) in [7, 11) is -7.20. The van der Waals surface area contributed by atoms with Gasteiger partial charge in [0.25, 0.3) is 23.4 Å².